The maximum atomic E-state index is 3.70. The summed E-state index contributed by atoms with van der Waals surface area (Å²) in [4.78, 5) is 1.13. The molecule has 0 aliphatic rings. The van der Waals surface area contributed by atoms with Crippen molar-refractivity contribution < 1.29 is 32.7 Å². The predicted octanol–water partition coefficient (Wildman–Crippen LogP) is 1.93. The second kappa shape index (κ2) is 3.65. The smallest absolute Gasteiger partial charge is 0 e. The van der Waals surface area contributed by atoms with E-state index in [1.165, 1.54) is 0 Å². The van der Waals surface area contributed by atoms with E-state index in [0.717, 1.165) is 4.88 Å². The molecule has 0 atom stereocenters. The van der Waals surface area contributed by atoms with Crippen LogP contribution in [0.1, 0.15) is 4.88 Å². The molecule has 1 aromatic rings. The van der Waals surface area contributed by atoms with Crippen LogP contribution in [0.25, 0.3) is 0 Å². The van der Waals surface area contributed by atoms with E-state index in [1.54, 1.807) is 11.3 Å². The molecule has 0 fully saturated rings. The summed E-state index contributed by atoms with van der Waals surface area (Å²) in [6.07, 6.45) is 0. The van der Waals surface area contributed by atoms with Crippen molar-refractivity contribution in [3.05, 3.63) is 29.3 Å². The average Bonchev–Trinajstić information content (AvgIpc) is 1.86. The van der Waals surface area contributed by atoms with Crippen LogP contribution < -0.4 is 0 Å². The Morgan fingerprint density at radius 3 is 2.43 bits per heavy atom. The van der Waals surface area contributed by atoms with Crippen LogP contribution in [0.4, 0.5) is 0 Å². The minimum Gasteiger partial charge on any atom is -0.228 e. The molecule has 0 N–H and O–H groups in total. The number of thiophene rings is 1. The SMILES string of the molecule is [CH2-]c1cccs1.[Y]. The summed E-state index contributed by atoms with van der Waals surface area (Å²) in [7, 11) is 0. The third-order valence-corrected chi connectivity index (χ3v) is 1.31. The fraction of sp³-hybridized carbons (Fsp3) is 0. The Balaban J connectivity index is 0.000000360. The molecule has 1 aromatic heterocycles. The van der Waals surface area contributed by atoms with Gasteiger partial charge in [0.15, 0.2) is 0 Å². The Labute approximate surface area is 72.8 Å². The second-order valence-corrected chi connectivity index (χ2v) is 2.11. The monoisotopic (exact) mass is 186 g/mol. The van der Waals surface area contributed by atoms with E-state index in [-0.39, 0.29) is 32.7 Å². The van der Waals surface area contributed by atoms with E-state index in [1.807, 2.05) is 17.5 Å². The zero-order valence-corrected chi connectivity index (χ0v) is 7.58. The van der Waals surface area contributed by atoms with Crippen LogP contribution in [0.2, 0.25) is 0 Å². The fourth-order valence-electron chi connectivity index (χ4n) is 0.313. The van der Waals surface area contributed by atoms with Crippen LogP contribution >= 0.6 is 11.3 Å². The topological polar surface area (TPSA) is 0 Å². The Kier molecular flexibility index (Phi) is 4.00. The normalized spacial score (nSPS) is 7.43. The molecule has 0 amide bonds. The van der Waals surface area contributed by atoms with Crippen LogP contribution in [0.15, 0.2) is 17.5 Å². The Morgan fingerprint density at radius 1 is 1.57 bits per heavy atom. The van der Waals surface area contributed by atoms with Gasteiger partial charge in [0.1, 0.15) is 0 Å². The molecule has 0 aliphatic carbocycles. The van der Waals surface area contributed by atoms with Crippen molar-refractivity contribution in [1.29, 1.82) is 0 Å². The van der Waals surface area contributed by atoms with Crippen molar-refractivity contribution in [2.45, 2.75) is 0 Å². The first-order valence-electron chi connectivity index (χ1n) is 1.75. The molecule has 35 valence electrons. The minimum atomic E-state index is 0. The summed E-state index contributed by atoms with van der Waals surface area (Å²) in [6.45, 7) is 3.70. The van der Waals surface area contributed by atoms with Crippen LogP contribution in [0.3, 0.4) is 0 Å². The van der Waals surface area contributed by atoms with E-state index >= 15 is 0 Å². The van der Waals surface area contributed by atoms with E-state index in [2.05, 4.69) is 6.92 Å². The molecule has 1 rings (SSSR count). The van der Waals surface area contributed by atoms with Crippen molar-refractivity contribution >= 4 is 11.3 Å². The van der Waals surface area contributed by atoms with Crippen LogP contribution in [-0.4, -0.2) is 0 Å². The van der Waals surface area contributed by atoms with Gasteiger partial charge in [-0.2, -0.15) is 17.4 Å². The molecule has 1 heterocycles. The summed E-state index contributed by atoms with van der Waals surface area (Å²) in [5, 5.41) is 2.02. The van der Waals surface area contributed by atoms with Crippen LogP contribution in [0.5, 0.6) is 0 Å². The molecule has 1 radical (unpaired) electrons. The number of hydrogen-bond donors (Lipinski definition) is 0. The molecule has 0 spiro atoms. The van der Waals surface area contributed by atoms with Gasteiger partial charge >= 0.3 is 0 Å². The maximum absolute atomic E-state index is 3.70. The largest absolute Gasteiger partial charge is 0.228 e. The zero-order valence-electron chi connectivity index (χ0n) is 3.92. The third kappa shape index (κ3) is 2.48. The van der Waals surface area contributed by atoms with Crippen LogP contribution in [0, 0.1) is 6.92 Å². The first-order valence-corrected chi connectivity index (χ1v) is 2.63. The molecule has 0 saturated heterocycles. The molecule has 7 heavy (non-hydrogen) atoms. The van der Waals surface area contributed by atoms with Gasteiger partial charge in [0.05, 0.1) is 0 Å². The zero-order chi connectivity index (χ0) is 4.41. The Hall–Kier alpha value is 0.674. The number of rotatable bonds is 0. The minimum absolute atomic E-state index is 0. The van der Waals surface area contributed by atoms with Gasteiger partial charge < -0.3 is 0 Å². The van der Waals surface area contributed by atoms with Crippen molar-refractivity contribution in [3.63, 3.8) is 0 Å². The molecule has 0 bridgehead atoms. The van der Waals surface area contributed by atoms with Gasteiger partial charge in [-0.3, -0.25) is 0 Å². The summed E-state index contributed by atoms with van der Waals surface area (Å²) >= 11 is 1.67. The van der Waals surface area contributed by atoms with Gasteiger partial charge in [-0.25, -0.2) is 6.92 Å². The maximum Gasteiger partial charge on any atom is 0 e. The predicted molar refractivity (Wildman–Crippen MR) is 28.8 cm³/mol. The average molecular weight is 186 g/mol. The Morgan fingerprint density at radius 2 is 2.29 bits per heavy atom. The molecule has 0 nitrogen and oxygen atoms in total. The van der Waals surface area contributed by atoms with Gasteiger partial charge in [-0.1, -0.05) is 0 Å². The van der Waals surface area contributed by atoms with Crippen molar-refractivity contribution in [2.75, 3.05) is 0 Å². The van der Waals surface area contributed by atoms with E-state index in [0.29, 0.717) is 0 Å². The molecule has 0 aromatic carbocycles. The third-order valence-electron chi connectivity index (χ3n) is 0.580. The quantitative estimate of drug-likeness (QED) is 0.543. The van der Waals surface area contributed by atoms with Gasteiger partial charge in [-0.15, -0.1) is 10.9 Å². The summed E-state index contributed by atoms with van der Waals surface area (Å²) in [5.41, 5.74) is 0. The van der Waals surface area contributed by atoms with Gasteiger partial charge in [-0.05, 0) is 5.38 Å². The Bertz CT molecular complexity index is 112. The first-order chi connectivity index (χ1) is 2.89. The molecule has 2 heteroatoms. The summed E-state index contributed by atoms with van der Waals surface area (Å²) in [6, 6.07) is 3.98. The van der Waals surface area contributed by atoms with Crippen molar-refractivity contribution in [2.24, 2.45) is 0 Å². The summed E-state index contributed by atoms with van der Waals surface area (Å²) in [5.74, 6) is 0. The standard InChI is InChI=1S/C5H5S.Y/c1-5-3-2-4-6-5;/h2-4H,1H2;/q-1;. The van der Waals surface area contributed by atoms with Gasteiger partial charge in [0.25, 0.3) is 0 Å². The van der Waals surface area contributed by atoms with Gasteiger partial charge in [0, 0.05) is 32.7 Å². The number of hydrogen-bond acceptors (Lipinski definition) is 1. The molecular formula is C5H5SY-. The van der Waals surface area contributed by atoms with Crippen molar-refractivity contribution in [3.8, 4) is 0 Å². The molecule has 0 aliphatic heterocycles. The first kappa shape index (κ1) is 7.67. The molecule has 0 unspecified atom stereocenters. The van der Waals surface area contributed by atoms with E-state index in [9.17, 15) is 0 Å². The van der Waals surface area contributed by atoms with E-state index < -0.39 is 0 Å². The van der Waals surface area contributed by atoms with Crippen molar-refractivity contribution in [1.82, 2.24) is 0 Å². The van der Waals surface area contributed by atoms with E-state index in [4.69, 9.17) is 0 Å². The summed E-state index contributed by atoms with van der Waals surface area (Å²) < 4.78 is 0. The fourth-order valence-corrected chi connectivity index (χ4v) is 0.802. The van der Waals surface area contributed by atoms with Gasteiger partial charge in [0.2, 0.25) is 0 Å². The molecular weight excluding hydrogens is 181 g/mol. The van der Waals surface area contributed by atoms with Crippen LogP contribution in [-0.2, 0) is 32.7 Å². The molecule has 0 saturated carbocycles. The second-order valence-electron chi connectivity index (χ2n) is 1.08.